The second-order valence-corrected chi connectivity index (χ2v) is 14.4. The lowest BCUT2D eigenvalue weighted by Crippen LogP contribution is -2.58. The van der Waals surface area contributed by atoms with Crippen LogP contribution in [0.5, 0.6) is 0 Å². The van der Waals surface area contributed by atoms with E-state index in [1.807, 2.05) is 0 Å². The van der Waals surface area contributed by atoms with Crippen LogP contribution in [0.4, 0.5) is 0 Å². The minimum absolute atomic E-state index is 0.0873. The number of rotatable bonds is 10. The van der Waals surface area contributed by atoms with Gasteiger partial charge in [0.05, 0.1) is 0 Å². The molecule has 0 bridgehead atoms. The van der Waals surface area contributed by atoms with E-state index in [1.165, 1.54) is 70.6 Å². The summed E-state index contributed by atoms with van der Waals surface area (Å²) in [6.45, 7) is 14.8. The Balaban J connectivity index is 1.46. The van der Waals surface area contributed by atoms with Crippen molar-refractivity contribution < 1.29 is 9.53 Å². The Morgan fingerprint density at radius 3 is 2.43 bits per heavy atom. The Hall–Kier alpha value is -0.530. The SMILES string of the molecule is CCCCCC(=O)OC1CCC[C@@H]2CC[C@@H]3[C@@H]4CC[C@@H]([C@@H](C)CCCC(C)C)[C@@]4(C)CC[C@@H]3[C@@]12C. The number of hydrogen-bond acceptors (Lipinski definition) is 2. The summed E-state index contributed by atoms with van der Waals surface area (Å²) in [4.78, 5) is 12.8. The Bertz CT molecular complexity index is 699. The summed E-state index contributed by atoms with van der Waals surface area (Å²) < 4.78 is 6.38. The molecule has 4 aliphatic carbocycles. The number of esters is 1. The molecule has 4 aliphatic rings. The highest BCUT2D eigenvalue weighted by Gasteiger charge is 2.62. The van der Waals surface area contributed by atoms with E-state index in [1.54, 1.807) is 0 Å². The zero-order valence-electron chi connectivity index (χ0n) is 24.2. The molecule has 0 aliphatic heterocycles. The van der Waals surface area contributed by atoms with E-state index in [0.717, 1.165) is 67.1 Å². The average molecular weight is 487 g/mol. The first-order valence-corrected chi connectivity index (χ1v) is 15.9. The van der Waals surface area contributed by atoms with Crippen molar-refractivity contribution in [3.63, 3.8) is 0 Å². The first kappa shape index (κ1) is 27.5. The van der Waals surface area contributed by atoms with Crippen molar-refractivity contribution in [1.29, 1.82) is 0 Å². The van der Waals surface area contributed by atoms with Gasteiger partial charge in [-0.25, -0.2) is 0 Å². The third-order valence-corrected chi connectivity index (χ3v) is 12.1. The second kappa shape index (κ2) is 11.5. The van der Waals surface area contributed by atoms with E-state index in [4.69, 9.17) is 4.74 Å². The predicted molar refractivity (Wildman–Crippen MR) is 147 cm³/mol. The topological polar surface area (TPSA) is 26.3 Å². The number of ether oxygens (including phenoxy) is 1. The summed E-state index contributed by atoms with van der Waals surface area (Å²) in [5.74, 6) is 6.02. The minimum atomic E-state index is 0.0873. The molecule has 2 heteroatoms. The van der Waals surface area contributed by atoms with Crippen molar-refractivity contribution in [3.05, 3.63) is 0 Å². The maximum Gasteiger partial charge on any atom is 0.306 e. The molecule has 0 heterocycles. The summed E-state index contributed by atoms with van der Waals surface area (Å²) in [5, 5.41) is 0. The van der Waals surface area contributed by atoms with Crippen LogP contribution in [0.2, 0.25) is 0 Å². The van der Waals surface area contributed by atoms with Crippen molar-refractivity contribution in [3.8, 4) is 0 Å². The van der Waals surface area contributed by atoms with E-state index in [2.05, 4.69) is 41.5 Å². The predicted octanol–water partition coefficient (Wildman–Crippen LogP) is 9.60. The highest BCUT2D eigenvalue weighted by molar-refractivity contribution is 5.69. The first-order chi connectivity index (χ1) is 16.7. The molecule has 4 rings (SSSR count). The van der Waals surface area contributed by atoms with Gasteiger partial charge < -0.3 is 4.74 Å². The molecule has 35 heavy (non-hydrogen) atoms. The maximum atomic E-state index is 12.8. The van der Waals surface area contributed by atoms with Gasteiger partial charge in [0.2, 0.25) is 0 Å². The monoisotopic (exact) mass is 486 g/mol. The largest absolute Gasteiger partial charge is 0.462 e. The summed E-state index contributed by atoms with van der Waals surface area (Å²) >= 11 is 0. The number of carbonyl (C=O) groups excluding carboxylic acids is 1. The molecule has 0 aromatic carbocycles. The third kappa shape index (κ3) is 5.38. The summed E-state index contributed by atoms with van der Waals surface area (Å²) in [6, 6.07) is 0. The minimum Gasteiger partial charge on any atom is -0.462 e. The molecule has 0 saturated heterocycles. The molecular weight excluding hydrogens is 428 g/mol. The zero-order valence-corrected chi connectivity index (χ0v) is 24.2. The van der Waals surface area contributed by atoms with Crippen LogP contribution in [0.15, 0.2) is 0 Å². The van der Waals surface area contributed by atoms with Gasteiger partial charge in [-0.2, -0.15) is 0 Å². The van der Waals surface area contributed by atoms with Gasteiger partial charge in [0.1, 0.15) is 6.10 Å². The maximum absolute atomic E-state index is 12.8. The molecule has 4 fully saturated rings. The summed E-state index contributed by atoms with van der Waals surface area (Å²) in [7, 11) is 0. The molecule has 0 radical (unpaired) electrons. The lowest BCUT2D eigenvalue weighted by atomic mass is 9.44. The van der Waals surface area contributed by atoms with Gasteiger partial charge in [-0.05, 0) is 111 Å². The quantitative estimate of drug-likeness (QED) is 0.227. The molecule has 0 N–H and O–H groups in total. The van der Waals surface area contributed by atoms with E-state index < -0.39 is 0 Å². The van der Waals surface area contributed by atoms with Crippen molar-refractivity contribution in [1.82, 2.24) is 0 Å². The Labute approximate surface area is 218 Å². The normalized spacial score (nSPS) is 41.7. The van der Waals surface area contributed by atoms with E-state index in [9.17, 15) is 4.79 Å². The molecule has 0 aromatic heterocycles. The number of hydrogen-bond donors (Lipinski definition) is 0. The van der Waals surface area contributed by atoms with E-state index >= 15 is 0 Å². The van der Waals surface area contributed by atoms with Crippen molar-refractivity contribution in [2.24, 2.45) is 52.3 Å². The van der Waals surface area contributed by atoms with Crippen LogP contribution in [0.25, 0.3) is 0 Å². The number of unbranched alkanes of at least 4 members (excludes halogenated alkanes) is 2. The van der Waals surface area contributed by atoms with Crippen molar-refractivity contribution >= 4 is 5.97 Å². The fourth-order valence-corrected chi connectivity index (χ4v) is 10.2. The van der Waals surface area contributed by atoms with Crippen LogP contribution in [-0.4, -0.2) is 12.1 Å². The second-order valence-electron chi connectivity index (χ2n) is 14.4. The number of fused-ring (bicyclic) bond motifs is 5. The molecule has 2 nitrogen and oxygen atoms in total. The third-order valence-electron chi connectivity index (χ3n) is 12.1. The zero-order chi connectivity index (χ0) is 25.2. The van der Waals surface area contributed by atoms with Crippen LogP contribution in [0, 0.1) is 52.3 Å². The lowest BCUT2D eigenvalue weighted by Gasteiger charge is -2.62. The van der Waals surface area contributed by atoms with Crippen molar-refractivity contribution in [2.75, 3.05) is 0 Å². The Morgan fingerprint density at radius 1 is 0.886 bits per heavy atom. The lowest BCUT2D eigenvalue weighted by molar-refractivity contribution is -0.192. The van der Waals surface area contributed by atoms with Crippen LogP contribution in [-0.2, 0) is 9.53 Å². The molecular formula is C33H58O2. The summed E-state index contributed by atoms with van der Waals surface area (Å²) in [6.07, 6.45) is 20.6. The Morgan fingerprint density at radius 2 is 1.69 bits per heavy atom. The van der Waals surface area contributed by atoms with Gasteiger partial charge in [0, 0.05) is 11.8 Å². The van der Waals surface area contributed by atoms with Gasteiger partial charge in [-0.1, -0.05) is 73.6 Å². The molecule has 0 spiro atoms. The van der Waals surface area contributed by atoms with E-state index in [0.29, 0.717) is 11.8 Å². The van der Waals surface area contributed by atoms with Gasteiger partial charge in [-0.3, -0.25) is 4.79 Å². The molecule has 1 unspecified atom stereocenters. The van der Waals surface area contributed by atoms with Gasteiger partial charge in [-0.15, -0.1) is 0 Å². The number of carbonyl (C=O) groups is 1. The molecule has 0 aromatic rings. The van der Waals surface area contributed by atoms with Gasteiger partial charge in [0.25, 0.3) is 0 Å². The molecule has 202 valence electrons. The van der Waals surface area contributed by atoms with E-state index in [-0.39, 0.29) is 17.5 Å². The first-order valence-electron chi connectivity index (χ1n) is 15.9. The van der Waals surface area contributed by atoms with Crippen LogP contribution < -0.4 is 0 Å². The van der Waals surface area contributed by atoms with Gasteiger partial charge >= 0.3 is 5.97 Å². The standard InChI is InChI=1S/C33H58O2/c1-7-8-9-16-31(34)35-30-15-11-14-25-17-18-26-28-20-19-27(24(4)13-10-12-23(2)3)32(28,5)22-21-29(26)33(25,30)6/h23-30H,7-22H2,1-6H3/t24-,25+,26+,27-,28-,29-,30?,32+,33-/m0/s1. The molecule has 0 amide bonds. The van der Waals surface area contributed by atoms with Gasteiger partial charge in [0.15, 0.2) is 0 Å². The van der Waals surface area contributed by atoms with Crippen LogP contribution in [0.3, 0.4) is 0 Å². The molecule has 4 saturated carbocycles. The van der Waals surface area contributed by atoms with Crippen molar-refractivity contribution in [2.45, 2.75) is 150 Å². The summed E-state index contributed by atoms with van der Waals surface area (Å²) in [5.41, 5.74) is 0.756. The highest BCUT2D eigenvalue weighted by Crippen LogP contribution is 2.68. The fourth-order valence-electron chi connectivity index (χ4n) is 10.2. The Kier molecular flexibility index (Phi) is 9.01. The fraction of sp³-hybridized carbons (Fsp3) is 0.970. The average Bonchev–Trinajstić information content (AvgIpc) is 3.17. The molecule has 9 atom stereocenters. The smallest absolute Gasteiger partial charge is 0.306 e. The van der Waals surface area contributed by atoms with Crippen LogP contribution >= 0.6 is 0 Å². The van der Waals surface area contributed by atoms with Crippen LogP contribution in [0.1, 0.15) is 144 Å². The highest BCUT2D eigenvalue weighted by atomic mass is 16.5.